The number of nitrogens with one attached hydrogen (secondary N) is 2. The zero-order valence-corrected chi connectivity index (χ0v) is 11.0. The minimum Gasteiger partial charge on any atom is -0.481 e. The Kier molecular flexibility index (Phi) is 3.24. The first kappa shape index (κ1) is 13.7. The molecular formula is C13H13N3O4. The number of nitrogens with zero attached hydrogens (tertiary/aromatic N) is 1. The van der Waals surface area contributed by atoms with Gasteiger partial charge in [0.1, 0.15) is 5.69 Å². The van der Waals surface area contributed by atoms with Crippen LogP contribution >= 0.6 is 0 Å². The molecule has 7 nitrogen and oxygen atoms in total. The van der Waals surface area contributed by atoms with Crippen molar-refractivity contribution in [2.45, 2.75) is 19.4 Å². The van der Waals surface area contributed by atoms with Gasteiger partial charge in [0.15, 0.2) is 12.4 Å². The van der Waals surface area contributed by atoms with E-state index < -0.39 is 10.5 Å². The van der Waals surface area contributed by atoms with E-state index in [0.717, 1.165) is 0 Å². The van der Waals surface area contributed by atoms with E-state index in [2.05, 4.69) is 16.6 Å². The largest absolute Gasteiger partial charge is 0.481 e. The molecule has 0 aromatic heterocycles. The number of carbonyl (C=O) groups is 1. The summed E-state index contributed by atoms with van der Waals surface area (Å²) < 4.78 is 5.15. The van der Waals surface area contributed by atoms with E-state index in [1.165, 1.54) is 12.1 Å². The molecule has 0 atom stereocenters. The topological polar surface area (TPSA) is 93.5 Å². The van der Waals surface area contributed by atoms with Crippen LogP contribution in [0.1, 0.15) is 13.8 Å². The fourth-order valence-corrected chi connectivity index (χ4v) is 1.74. The van der Waals surface area contributed by atoms with Gasteiger partial charge in [-0.15, -0.1) is 6.42 Å². The Labute approximate surface area is 115 Å². The van der Waals surface area contributed by atoms with Gasteiger partial charge in [0.25, 0.3) is 11.6 Å². The van der Waals surface area contributed by atoms with Crippen molar-refractivity contribution in [1.82, 2.24) is 0 Å². The first-order valence-electron chi connectivity index (χ1n) is 5.83. The van der Waals surface area contributed by atoms with E-state index in [4.69, 9.17) is 11.2 Å². The minimum absolute atomic E-state index is 0.160. The molecule has 7 heteroatoms. The van der Waals surface area contributed by atoms with Gasteiger partial charge >= 0.3 is 0 Å². The zero-order chi connectivity index (χ0) is 14.9. The Morgan fingerprint density at radius 2 is 2.25 bits per heavy atom. The van der Waals surface area contributed by atoms with Gasteiger partial charge in [-0.3, -0.25) is 14.9 Å². The van der Waals surface area contributed by atoms with E-state index in [0.29, 0.717) is 5.69 Å². The highest BCUT2D eigenvalue weighted by Crippen LogP contribution is 2.38. The second-order valence-corrected chi connectivity index (χ2v) is 4.85. The summed E-state index contributed by atoms with van der Waals surface area (Å²) in [7, 11) is 0. The molecule has 1 amide bonds. The predicted octanol–water partition coefficient (Wildman–Crippen LogP) is 1.75. The number of nitro groups is 1. The van der Waals surface area contributed by atoms with Crippen molar-refractivity contribution in [3.63, 3.8) is 0 Å². The van der Waals surface area contributed by atoms with Crippen LogP contribution in [-0.2, 0) is 4.79 Å². The minimum atomic E-state index is -0.765. The fraction of sp³-hybridized carbons (Fsp3) is 0.308. The predicted molar refractivity (Wildman–Crippen MR) is 73.8 cm³/mol. The number of hydrogen-bond acceptors (Lipinski definition) is 5. The first-order chi connectivity index (χ1) is 9.32. The molecule has 20 heavy (non-hydrogen) atoms. The number of hydrogen-bond donors (Lipinski definition) is 2. The lowest BCUT2D eigenvalue weighted by Crippen LogP contribution is -2.29. The normalized spacial score (nSPS) is 13.6. The van der Waals surface area contributed by atoms with Gasteiger partial charge in [0.2, 0.25) is 0 Å². The second-order valence-electron chi connectivity index (χ2n) is 4.85. The van der Waals surface area contributed by atoms with Gasteiger partial charge in [-0.05, 0) is 19.9 Å². The number of ether oxygens (including phenoxy) is 1. The second kappa shape index (κ2) is 4.74. The van der Waals surface area contributed by atoms with Crippen molar-refractivity contribution in [2.75, 3.05) is 17.2 Å². The first-order valence-corrected chi connectivity index (χ1v) is 5.83. The number of terminal acetylenes is 1. The van der Waals surface area contributed by atoms with Gasteiger partial charge in [-0.1, -0.05) is 5.92 Å². The summed E-state index contributed by atoms with van der Waals surface area (Å²) >= 11 is 0. The van der Waals surface area contributed by atoms with E-state index in [9.17, 15) is 14.9 Å². The molecule has 1 aliphatic rings. The van der Waals surface area contributed by atoms with Crippen molar-refractivity contribution >= 4 is 23.0 Å². The molecule has 0 spiro atoms. The lowest BCUT2D eigenvalue weighted by atomic mass is 10.1. The number of benzene rings is 1. The third-order valence-corrected chi connectivity index (χ3v) is 2.74. The van der Waals surface area contributed by atoms with Gasteiger partial charge in [-0.25, -0.2) is 0 Å². The summed E-state index contributed by atoms with van der Waals surface area (Å²) in [5, 5.41) is 16.6. The lowest BCUT2D eigenvalue weighted by molar-refractivity contribution is -0.384. The van der Waals surface area contributed by atoms with Crippen LogP contribution in [0.25, 0.3) is 0 Å². The number of carbonyl (C=O) groups excluding carboxylic acids is 1. The van der Waals surface area contributed by atoms with E-state index in [1.807, 2.05) is 0 Å². The molecular weight excluding hydrogens is 262 g/mol. The van der Waals surface area contributed by atoms with Crippen molar-refractivity contribution < 1.29 is 14.5 Å². The molecule has 104 valence electrons. The summed E-state index contributed by atoms with van der Waals surface area (Å²) in [6.45, 7) is 3.27. The molecule has 1 aromatic rings. The maximum absolute atomic E-state index is 11.3. The highest BCUT2D eigenvalue weighted by atomic mass is 16.6. The van der Waals surface area contributed by atoms with Crippen LogP contribution in [0.2, 0.25) is 0 Å². The SMILES string of the molecule is C#CC(C)(C)Nc1cc2c(cc1[N+](=O)[O-])OCC(=O)N2. The van der Waals surface area contributed by atoms with Gasteiger partial charge in [0, 0.05) is 0 Å². The molecule has 1 aromatic carbocycles. The molecule has 0 saturated heterocycles. The molecule has 0 fully saturated rings. The smallest absolute Gasteiger partial charge is 0.296 e. The van der Waals surface area contributed by atoms with Crippen molar-refractivity contribution in [1.29, 1.82) is 0 Å². The van der Waals surface area contributed by atoms with Crippen LogP contribution in [0.5, 0.6) is 5.75 Å². The lowest BCUT2D eigenvalue weighted by Gasteiger charge is -2.23. The highest BCUT2D eigenvalue weighted by Gasteiger charge is 2.26. The zero-order valence-electron chi connectivity index (χ0n) is 11.0. The molecule has 0 bridgehead atoms. The third kappa shape index (κ3) is 2.64. The molecule has 0 radical (unpaired) electrons. The molecule has 1 heterocycles. The molecule has 0 saturated carbocycles. The van der Waals surface area contributed by atoms with E-state index >= 15 is 0 Å². The number of anilines is 2. The number of rotatable bonds is 3. The average Bonchev–Trinajstić information content (AvgIpc) is 2.37. The number of nitro benzene ring substituents is 1. The van der Waals surface area contributed by atoms with Crippen LogP contribution in [0.3, 0.4) is 0 Å². The van der Waals surface area contributed by atoms with E-state index in [-0.39, 0.29) is 29.6 Å². The van der Waals surface area contributed by atoms with Crippen molar-refractivity contribution in [3.8, 4) is 18.1 Å². The fourth-order valence-electron chi connectivity index (χ4n) is 1.74. The third-order valence-electron chi connectivity index (χ3n) is 2.74. The summed E-state index contributed by atoms with van der Waals surface area (Å²) in [4.78, 5) is 21.9. The monoisotopic (exact) mass is 275 g/mol. The number of fused-ring (bicyclic) bond motifs is 1. The summed E-state index contributed by atoms with van der Waals surface area (Å²) in [6.07, 6.45) is 5.36. The Morgan fingerprint density at radius 3 is 2.85 bits per heavy atom. The van der Waals surface area contributed by atoms with Crippen LogP contribution in [-0.4, -0.2) is 23.0 Å². The molecule has 0 aliphatic carbocycles. The summed E-state index contributed by atoms with van der Waals surface area (Å²) in [5.74, 6) is 2.45. The molecule has 0 unspecified atom stereocenters. The van der Waals surface area contributed by atoms with Crippen LogP contribution in [0, 0.1) is 22.5 Å². The van der Waals surface area contributed by atoms with E-state index in [1.54, 1.807) is 13.8 Å². The quantitative estimate of drug-likeness (QED) is 0.498. The van der Waals surface area contributed by atoms with Crippen LogP contribution < -0.4 is 15.4 Å². The standard InChI is InChI=1S/C13H13N3O4/c1-4-13(2,3)15-8-5-9-11(6-10(8)16(18)19)20-7-12(17)14-9/h1,5-6,15H,7H2,2-3H3,(H,14,17). The number of amides is 1. The van der Waals surface area contributed by atoms with Gasteiger partial charge < -0.3 is 15.4 Å². The van der Waals surface area contributed by atoms with Gasteiger partial charge in [0.05, 0.1) is 22.2 Å². The Morgan fingerprint density at radius 1 is 1.55 bits per heavy atom. The maximum atomic E-state index is 11.3. The van der Waals surface area contributed by atoms with Crippen molar-refractivity contribution in [2.24, 2.45) is 0 Å². The van der Waals surface area contributed by atoms with Gasteiger partial charge in [-0.2, -0.15) is 0 Å². The summed E-state index contributed by atoms with van der Waals surface area (Å²) in [6, 6.07) is 2.72. The molecule has 1 aliphatic heterocycles. The summed E-state index contributed by atoms with van der Waals surface area (Å²) in [5.41, 5.74) is -0.327. The Bertz CT molecular complexity index is 631. The highest BCUT2D eigenvalue weighted by molar-refractivity contribution is 5.96. The Balaban J connectivity index is 2.49. The van der Waals surface area contributed by atoms with Crippen LogP contribution in [0.4, 0.5) is 17.1 Å². The molecule has 2 rings (SSSR count). The van der Waals surface area contributed by atoms with Crippen LogP contribution in [0.15, 0.2) is 12.1 Å². The molecule has 2 N–H and O–H groups in total. The maximum Gasteiger partial charge on any atom is 0.296 e. The average molecular weight is 275 g/mol. The van der Waals surface area contributed by atoms with Crippen molar-refractivity contribution in [3.05, 3.63) is 22.2 Å². The Hall–Kier alpha value is -2.75.